The van der Waals surface area contributed by atoms with E-state index >= 15 is 0 Å². The molecule has 0 saturated carbocycles. The predicted molar refractivity (Wildman–Crippen MR) is 88.4 cm³/mol. The van der Waals surface area contributed by atoms with Gasteiger partial charge in [0.25, 0.3) is 11.8 Å². The fraction of sp³-hybridized carbons (Fsp3) is 0.333. The maximum absolute atomic E-state index is 12.6. The first-order valence-corrected chi connectivity index (χ1v) is 7.94. The average Bonchev–Trinajstić information content (AvgIpc) is 2.99. The molecule has 1 N–H and O–H groups in total. The Bertz CT molecular complexity index is 677. The lowest BCUT2D eigenvalue weighted by molar-refractivity contribution is 0.0716. The fourth-order valence-corrected chi connectivity index (χ4v) is 2.84. The molecule has 1 aromatic carbocycles. The Morgan fingerprint density at radius 1 is 0.913 bits per heavy atom. The van der Waals surface area contributed by atoms with E-state index in [1.807, 2.05) is 47.1 Å². The molecule has 0 atom stereocenters. The summed E-state index contributed by atoms with van der Waals surface area (Å²) in [5.41, 5.74) is 2.45. The number of nitrogens with zero attached hydrogens (tertiary/aromatic N) is 2. The van der Waals surface area contributed by atoms with Crippen molar-refractivity contribution in [3.8, 4) is 0 Å². The van der Waals surface area contributed by atoms with Crippen molar-refractivity contribution in [3.05, 3.63) is 59.4 Å². The predicted octanol–water partition coefficient (Wildman–Crippen LogP) is 2.31. The summed E-state index contributed by atoms with van der Waals surface area (Å²) in [7, 11) is 0. The van der Waals surface area contributed by atoms with Crippen LogP contribution in [0.5, 0.6) is 0 Å². The molecule has 1 aliphatic heterocycles. The summed E-state index contributed by atoms with van der Waals surface area (Å²) in [6, 6.07) is 11.2. The Labute approximate surface area is 135 Å². The van der Waals surface area contributed by atoms with Crippen LogP contribution in [0.15, 0.2) is 42.6 Å². The van der Waals surface area contributed by atoms with Gasteiger partial charge in [-0.15, -0.1) is 0 Å². The van der Waals surface area contributed by atoms with Gasteiger partial charge >= 0.3 is 0 Å². The van der Waals surface area contributed by atoms with E-state index in [4.69, 9.17) is 0 Å². The lowest BCUT2D eigenvalue weighted by atomic mass is 10.1. The van der Waals surface area contributed by atoms with Gasteiger partial charge in [0, 0.05) is 37.9 Å². The zero-order valence-corrected chi connectivity index (χ0v) is 13.3. The zero-order chi connectivity index (χ0) is 16.2. The summed E-state index contributed by atoms with van der Waals surface area (Å²) < 4.78 is 0. The summed E-state index contributed by atoms with van der Waals surface area (Å²) in [5, 5.41) is 0. The SMILES string of the molecule is Cc1ccc(C(=O)N2CCCN(C(=O)c3ccc[nH]3)CC2)cc1. The molecule has 0 aliphatic carbocycles. The summed E-state index contributed by atoms with van der Waals surface area (Å²) >= 11 is 0. The number of aromatic amines is 1. The molecule has 1 fully saturated rings. The van der Waals surface area contributed by atoms with Gasteiger partial charge < -0.3 is 14.8 Å². The lowest BCUT2D eigenvalue weighted by Crippen LogP contribution is -2.37. The molecule has 23 heavy (non-hydrogen) atoms. The third-order valence-electron chi connectivity index (χ3n) is 4.20. The molecule has 5 nitrogen and oxygen atoms in total. The number of aryl methyl sites for hydroxylation is 1. The van der Waals surface area contributed by atoms with Gasteiger partial charge in [0.1, 0.15) is 5.69 Å². The molecule has 0 bridgehead atoms. The van der Waals surface area contributed by atoms with Crippen molar-refractivity contribution >= 4 is 11.8 Å². The zero-order valence-electron chi connectivity index (χ0n) is 13.3. The first kappa shape index (κ1) is 15.3. The number of H-pyrrole nitrogens is 1. The largest absolute Gasteiger partial charge is 0.357 e. The lowest BCUT2D eigenvalue weighted by Gasteiger charge is -2.22. The molecule has 0 radical (unpaired) electrons. The van der Waals surface area contributed by atoms with E-state index in [1.54, 1.807) is 12.3 Å². The van der Waals surface area contributed by atoms with Crippen LogP contribution in [0.3, 0.4) is 0 Å². The van der Waals surface area contributed by atoms with Crippen molar-refractivity contribution < 1.29 is 9.59 Å². The van der Waals surface area contributed by atoms with E-state index in [0.717, 1.165) is 12.0 Å². The Kier molecular flexibility index (Phi) is 4.46. The van der Waals surface area contributed by atoms with Crippen LogP contribution >= 0.6 is 0 Å². The molecule has 1 saturated heterocycles. The third-order valence-corrected chi connectivity index (χ3v) is 4.20. The van der Waals surface area contributed by atoms with E-state index in [0.29, 0.717) is 37.4 Å². The fourth-order valence-electron chi connectivity index (χ4n) is 2.84. The molecule has 3 rings (SSSR count). The summed E-state index contributed by atoms with van der Waals surface area (Å²) in [5.74, 6) is 0.0406. The van der Waals surface area contributed by atoms with Crippen molar-refractivity contribution in [1.29, 1.82) is 0 Å². The second-order valence-electron chi connectivity index (χ2n) is 5.89. The molecule has 120 valence electrons. The number of benzene rings is 1. The Balaban J connectivity index is 1.65. The molecule has 2 aromatic rings. The van der Waals surface area contributed by atoms with E-state index in [-0.39, 0.29) is 11.8 Å². The molecular formula is C18H21N3O2. The van der Waals surface area contributed by atoms with Gasteiger partial charge in [0.05, 0.1) is 0 Å². The smallest absolute Gasteiger partial charge is 0.270 e. The molecule has 2 heterocycles. The minimum atomic E-state index is -0.000338. The number of aromatic nitrogens is 1. The Hall–Kier alpha value is -2.56. The highest BCUT2D eigenvalue weighted by Gasteiger charge is 2.23. The Morgan fingerprint density at radius 3 is 2.17 bits per heavy atom. The van der Waals surface area contributed by atoms with E-state index < -0.39 is 0 Å². The number of rotatable bonds is 2. The van der Waals surface area contributed by atoms with Gasteiger partial charge in [-0.25, -0.2) is 0 Å². The highest BCUT2D eigenvalue weighted by molar-refractivity contribution is 5.95. The van der Waals surface area contributed by atoms with Crippen LogP contribution in [0.25, 0.3) is 0 Å². The van der Waals surface area contributed by atoms with E-state index in [2.05, 4.69) is 4.98 Å². The first-order valence-electron chi connectivity index (χ1n) is 7.94. The van der Waals surface area contributed by atoms with Gasteiger partial charge in [-0.2, -0.15) is 0 Å². The van der Waals surface area contributed by atoms with Crippen molar-refractivity contribution in [3.63, 3.8) is 0 Å². The molecule has 1 aliphatic rings. The van der Waals surface area contributed by atoms with Gasteiger partial charge in [-0.05, 0) is 37.6 Å². The number of nitrogens with one attached hydrogen (secondary N) is 1. The number of carbonyl (C=O) groups excluding carboxylic acids is 2. The monoisotopic (exact) mass is 311 g/mol. The van der Waals surface area contributed by atoms with E-state index in [1.165, 1.54) is 0 Å². The maximum atomic E-state index is 12.6. The first-order chi connectivity index (χ1) is 11.1. The molecule has 5 heteroatoms. The van der Waals surface area contributed by atoms with E-state index in [9.17, 15) is 9.59 Å². The van der Waals surface area contributed by atoms with Crippen molar-refractivity contribution in [2.75, 3.05) is 26.2 Å². The molecule has 0 spiro atoms. The second kappa shape index (κ2) is 6.69. The highest BCUT2D eigenvalue weighted by atomic mass is 16.2. The third kappa shape index (κ3) is 3.44. The van der Waals surface area contributed by atoms with Crippen LogP contribution in [0.4, 0.5) is 0 Å². The van der Waals surface area contributed by atoms with Crippen LogP contribution < -0.4 is 0 Å². The minimum Gasteiger partial charge on any atom is -0.357 e. The van der Waals surface area contributed by atoms with Crippen molar-refractivity contribution in [2.24, 2.45) is 0 Å². The summed E-state index contributed by atoms with van der Waals surface area (Å²) in [6.45, 7) is 4.50. The molecule has 1 aromatic heterocycles. The normalized spacial score (nSPS) is 15.3. The highest BCUT2D eigenvalue weighted by Crippen LogP contribution is 2.12. The topological polar surface area (TPSA) is 56.4 Å². The maximum Gasteiger partial charge on any atom is 0.270 e. The van der Waals surface area contributed by atoms with Crippen LogP contribution in [0.1, 0.15) is 32.8 Å². The average molecular weight is 311 g/mol. The quantitative estimate of drug-likeness (QED) is 0.925. The van der Waals surface area contributed by atoms with Gasteiger partial charge in [-0.3, -0.25) is 9.59 Å². The van der Waals surface area contributed by atoms with Gasteiger partial charge in [0.15, 0.2) is 0 Å². The van der Waals surface area contributed by atoms with Crippen LogP contribution in [0, 0.1) is 6.92 Å². The van der Waals surface area contributed by atoms with Crippen molar-refractivity contribution in [2.45, 2.75) is 13.3 Å². The molecule has 0 unspecified atom stereocenters. The summed E-state index contributed by atoms with van der Waals surface area (Å²) in [4.78, 5) is 31.6. The molecular weight excluding hydrogens is 290 g/mol. The Morgan fingerprint density at radius 2 is 1.57 bits per heavy atom. The number of amides is 2. The van der Waals surface area contributed by atoms with Crippen LogP contribution in [-0.4, -0.2) is 52.8 Å². The molecule has 2 amide bonds. The standard InChI is InChI=1S/C18H21N3O2/c1-14-5-7-15(8-6-14)17(22)20-10-3-11-21(13-12-20)18(23)16-4-2-9-19-16/h2,4-9,19H,3,10-13H2,1H3. The van der Waals surface area contributed by atoms with Gasteiger partial charge in [0.2, 0.25) is 0 Å². The summed E-state index contributed by atoms with van der Waals surface area (Å²) in [6.07, 6.45) is 2.54. The minimum absolute atomic E-state index is 0.000338. The number of hydrogen-bond acceptors (Lipinski definition) is 2. The van der Waals surface area contributed by atoms with Crippen molar-refractivity contribution in [1.82, 2.24) is 14.8 Å². The number of carbonyl (C=O) groups is 2. The van der Waals surface area contributed by atoms with Gasteiger partial charge in [-0.1, -0.05) is 17.7 Å². The second-order valence-corrected chi connectivity index (χ2v) is 5.89. The number of hydrogen-bond donors (Lipinski definition) is 1. The van der Waals surface area contributed by atoms with Crippen LogP contribution in [-0.2, 0) is 0 Å². The van der Waals surface area contributed by atoms with Crippen LogP contribution in [0.2, 0.25) is 0 Å².